The molecule has 2 atom stereocenters. The number of nitrogen functional groups attached to an aromatic ring is 1. The second kappa shape index (κ2) is 8.92. The molecule has 1 aromatic heterocycles. The fourth-order valence-electron chi connectivity index (χ4n) is 5.41. The van der Waals surface area contributed by atoms with Gasteiger partial charge in [-0.3, -0.25) is 4.98 Å². The SMILES string of the molecule is CC1CCc2cccc(-c3cccc(C(c4ccccc4N)c4cccc5ccccc45)n3)c2N1. The Bertz CT molecular complexity index is 1520. The van der Waals surface area contributed by atoms with Crippen LogP contribution in [0.3, 0.4) is 0 Å². The van der Waals surface area contributed by atoms with Gasteiger partial charge in [-0.15, -0.1) is 0 Å². The molecule has 1 aliphatic heterocycles. The van der Waals surface area contributed by atoms with Gasteiger partial charge in [0.25, 0.3) is 0 Å². The molecule has 35 heavy (non-hydrogen) atoms. The van der Waals surface area contributed by atoms with Gasteiger partial charge in [0, 0.05) is 23.0 Å². The maximum atomic E-state index is 6.56. The number of anilines is 2. The summed E-state index contributed by atoms with van der Waals surface area (Å²) in [5.74, 6) is -0.0753. The van der Waals surface area contributed by atoms with Crippen LogP contribution in [0, 0.1) is 0 Å². The van der Waals surface area contributed by atoms with Crippen molar-refractivity contribution in [1.82, 2.24) is 4.98 Å². The zero-order valence-corrected chi connectivity index (χ0v) is 19.9. The molecule has 2 unspecified atom stereocenters. The standard InChI is InChI=1S/C32H29N3/c1-21-19-20-23-11-7-15-27(32(23)34-21)29-17-8-18-30(35-29)31(26-13-4-5-16-28(26)33)25-14-6-10-22-9-2-3-12-24(22)25/h2-18,21,31,34H,19-20,33H2,1H3. The number of nitrogens with two attached hydrogens (primary N) is 1. The number of para-hydroxylation sites is 2. The van der Waals surface area contributed by atoms with E-state index in [2.05, 4.69) is 103 Å². The average molecular weight is 456 g/mol. The predicted molar refractivity (Wildman–Crippen MR) is 147 cm³/mol. The molecular weight excluding hydrogens is 426 g/mol. The van der Waals surface area contributed by atoms with E-state index in [4.69, 9.17) is 10.7 Å². The minimum atomic E-state index is -0.0753. The summed E-state index contributed by atoms with van der Waals surface area (Å²) in [7, 11) is 0. The van der Waals surface area contributed by atoms with Crippen LogP contribution in [0.5, 0.6) is 0 Å². The number of fused-ring (bicyclic) bond motifs is 2. The third-order valence-electron chi connectivity index (χ3n) is 7.17. The van der Waals surface area contributed by atoms with Crippen LogP contribution >= 0.6 is 0 Å². The molecule has 0 spiro atoms. The highest BCUT2D eigenvalue weighted by molar-refractivity contribution is 5.87. The molecule has 0 amide bonds. The van der Waals surface area contributed by atoms with Gasteiger partial charge in [-0.1, -0.05) is 84.9 Å². The van der Waals surface area contributed by atoms with Crippen LogP contribution in [0.4, 0.5) is 11.4 Å². The number of hydrogen-bond donors (Lipinski definition) is 2. The van der Waals surface area contributed by atoms with Crippen molar-refractivity contribution in [3.05, 3.63) is 126 Å². The Morgan fingerprint density at radius 1 is 0.800 bits per heavy atom. The van der Waals surface area contributed by atoms with Gasteiger partial charge in [-0.25, -0.2) is 0 Å². The molecule has 3 N–H and O–H groups in total. The van der Waals surface area contributed by atoms with Gasteiger partial charge in [-0.2, -0.15) is 0 Å². The second-order valence-corrected chi connectivity index (χ2v) is 9.50. The predicted octanol–water partition coefficient (Wildman–Crippen LogP) is 7.41. The summed E-state index contributed by atoms with van der Waals surface area (Å²) in [6, 6.07) is 36.6. The number of rotatable bonds is 4. The molecule has 0 saturated heterocycles. The third-order valence-corrected chi connectivity index (χ3v) is 7.17. The Labute approximate surface area is 206 Å². The molecule has 0 saturated carbocycles. The van der Waals surface area contributed by atoms with Crippen molar-refractivity contribution >= 4 is 22.1 Å². The molecule has 5 aromatic rings. The van der Waals surface area contributed by atoms with Crippen molar-refractivity contribution in [1.29, 1.82) is 0 Å². The molecule has 3 heteroatoms. The molecule has 0 radical (unpaired) electrons. The summed E-state index contributed by atoms with van der Waals surface area (Å²) in [6.45, 7) is 2.25. The molecule has 0 aliphatic carbocycles. The smallest absolute Gasteiger partial charge is 0.0726 e. The van der Waals surface area contributed by atoms with Crippen molar-refractivity contribution < 1.29 is 0 Å². The zero-order valence-electron chi connectivity index (χ0n) is 19.9. The summed E-state index contributed by atoms with van der Waals surface area (Å²) in [5, 5.41) is 6.16. The molecule has 6 rings (SSSR count). The first-order valence-electron chi connectivity index (χ1n) is 12.4. The maximum absolute atomic E-state index is 6.56. The van der Waals surface area contributed by atoms with Gasteiger partial charge in [-0.05, 0) is 65.4 Å². The lowest BCUT2D eigenvalue weighted by molar-refractivity contribution is 0.681. The molecule has 3 nitrogen and oxygen atoms in total. The van der Waals surface area contributed by atoms with Crippen LogP contribution < -0.4 is 11.1 Å². The molecule has 1 aliphatic rings. The van der Waals surface area contributed by atoms with E-state index in [0.29, 0.717) is 6.04 Å². The summed E-state index contributed by atoms with van der Waals surface area (Å²) < 4.78 is 0. The van der Waals surface area contributed by atoms with Crippen LogP contribution in [0.25, 0.3) is 22.0 Å². The number of aromatic nitrogens is 1. The summed E-state index contributed by atoms with van der Waals surface area (Å²) >= 11 is 0. The zero-order chi connectivity index (χ0) is 23.8. The van der Waals surface area contributed by atoms with Crippen LogP contribution in [0.2, 0.25) is 0 Å². The van der Waals surface area contributed by atoms with Crippen molar-refractivity contribution in [3.63, 3.8) is 0 Å². The van der Waals surface area contributed by atoms with E-state index in [-0.39, 0.29) is 5.92 Å². The lowest BCUT2D eigenvalue weighted by atomic mass is 9.84. The maximum Gasteiger partial charge on any atom is 0.0726 e. The minimum absolute atomic E-state index is 0.0753. The number of nitrogens with one attached hydrogen (secondary N) is 1. The van der Waals surface area contributed by atoms with E-state index in [1.807, 2.05) is 12.1 Å². The highest BCUT2D eigenvalue weighted by Crippen LogP contribution is 2.40. The number of hydrogen-bond acceptors (Lipinski definition) is 3. The summed E-state index contributed by atoms with van der Waals surface area (Å²) in [5.41, 5.74) is 15.4. The lowest BCUT2D eigenvalue weighted by Gasteiger charge is -2.27. The molecule has 0 fully saturated rings. The fourth-order valence-corrected chi connectivity index (χ4v) is 5.41. The summed E-state index contributed by atoms with van der Waals surface area (Å²) in [6.07, 6.45) is 2.25. The summed E-state index contributed by atoms with van der Waals surface area (Å²) in [4.78, 5) is 5.28. The lowest BCUT2D eigenvalue weighted by Crippen LogP contribution is -2.22. The van der Waals surface area contributed by atoms with E-state index in [0.717, 1.165) is 41.0 Å². The number of pyridine rings is 1. The van der Waals surface area contributed by atoms with Crippen LogP contribution in [0.1, 0.15) is 41.6 Å². The van der Waals surface area contributed by atoms with Crippen molar-refractivity contribution in [2.45, 2.75) is 31.7 Å². The van der Waals surface area contributed by atoms with Gasteiger partial charge < -0.3 is 11.1 Å². The molecule has 172 valence electrons. The second-order valence-electron chi connectivity index (χ2n) is 9.50. The van der Waals surface area contributed by atoms with Crippen molar-refractivity contribution in [2.75, 3.05) is 11.1 Å². The van der Waals surface area contributed by atoms with Crippen molar-refractivity contribution in [3.8, 4) is 11.3 Å². The normalized spacial score (nSPS) is 15.9. The Morgan fingerprint density at radius 3 is 2.46 bits per heavy atom. The van der Waals surface area contributed by atoms with E-state index in [9.17, 15) is 0 Å². The first-order valence-corrected chi connectivity index (χ1v) is 12.4. The molecule has 2 heterocycles. The Hall–Kier alpha value is -4.11. The van der Waals surface area contributed by atoms with Gasteiger partial charge in [0.1, 0.15) is 0 Å². The number of aryl methyl sites for hydroxylation is 1. The van der Waals surface area contributed by atoms with Gasteiger partial charge in [0.15, 0.2) is 0 Å². The monoisotopic (exact) mass is 455 g/mol. The van der Waals surface area contributed by atoms with E-state index in [1.54, 1.807) is 0 Å². The first-order chi connectivity index (χ1) is 17.2. The van der Waals surface area contributed by atoms with Crippen LogP contribution in [0.15, 0.2) is 103 Å². The fraction of sp³-hybridized carbons (Fsp3) is 0.156. The number of benzene rings is 4. The highest BCUT2D eigenvalue weighted by Gasteiger charge is 2.24. The topological polar surface area (TPSA) is 50.9 Å². The molecule has 4 aromatic carbocycles. The van der Waals surface area contributed by atoms with Gasteiger partial charge >= 0.3 is 0 Å². The van der Waals surface area contributed by atoms with Gasteiger partial charge in [0.05, 0.1) is 17.3 Å². The molecule has 0 bridgehead atoms. The molecular formula is C32H29N3. The van der Waals surface area contributed by atoms with Crippen LogP contribution in [-0.2, 0) is 6.42 Å². The largest absolute Gasteiger partial charge is 0.398 e. The van der Waals surface area contributed by atoms with E-state index >= 15 is 0 Å². The first kappa shape index (κ1) is 21.4. The van der Waals surface area contributed by atoms with Crippen LogP contribution in [-0.4, -0.2) is 11.0 Å². The van der Waals surface area contributed by atoms with E-state index < -0.39 is 0 Å². The third kappa shape index (κ3) is 3.93. The number of nitrogens with zero attached hydrogens (tertiary/aromatic N) is 1. The van der Waals surface area contributed by atoms with Crippen molar-refractivity contribution in [2.24, 2.45) is 0 Å². The van der Waals surface area contributed by atoms with Gasteiger partial charge in [0.2, 0.25) is 0 Å². The highest BCUT2D eigenvalue weighted by atomic mass is 14.9. The van der Waals surface area contributed by atoms with E-state index in [1.165, 1.54) is 27.6 Å². The average Bonchev–Trinajstić information content (AvgIpc) is 2.90. The minimum Gasteiger partial charge on any atom is -0.398 e. The Morgan fingerprint density at radius 2 is 1.54 bits per heavy atom. The Balaban J connectivity index is 1.55. The quantitative estimate of drug-likeness (QED) is 0.277. The Kier molecular flexibility index (Phi) is 5.46.